The highest BCUT2D eigenvalue weighted by Crippen LogP contribution is 2.17. The van der Waals surface area contributed by atoms with Gasteiger partial charge in [0.2, 0.25) is 0 Å². The maximum atomic E-state index is 12.7. The van der Waals surface area contributed by atoms with Crippen LogP contribution in [0.3, 0.4) is 0 Å². The van der Waals surface area contributed by atoms with Crippen molar-refractivity contribution in [1.82, 2.24) is 0 Å². The molecule has 0 amide bonds. The molecule has 0 aromatic rings. The van der Waals surface area contributed by atoms with E-state index in [1.165, 1.54) is 128 Å². The van der Waals surface area contributed by atoms with Gasteiger partial charge in [-0.25, -0.2) is 0 Å². The molecular formula is C42H79NO4. The lowest BCUT2D eigenvalue weighted by atomic mass is 10.0. The van der Waals surface area contributed by atoms with Crippen molar-refractivity contribution in [2.45, 2.75) is 206 Å². The van der Waals surface area contributed by atoms with Gasteiger partial charge in [-0.15, -0.1) is 0 Å². The third-order valence-corrected chi connectivity index (χ3v) is 9.26. The zero-order valence-electron chi connectivity index (χ0n) is 31.9. The van der Waals surface area contributed by atoms with Gasteiger partial charge in [0.15, 0.2) is 6.10 Å². The summed E-state index contributed by atoms with van der Waals surface area (Å²) in [5, 5.41) is 11.3. The minimum atomic E-state index is -1.06. The van der Waals surface area contributed by atoms with Crippen LogP contribution in [0.1, 0.15) is 200 Å². The minimum Gasteiger partial charge on any atom is -0.544 e. The molecule has 0 saturated heterocycles. The number of esters is 1. The van der Waals surface area contributed by atoms with E-state index in [1.54, 1.807) is 0 Å². The fourth-order valence-corrected chi connectivity index (χ4v) is 6.40. The van der Waals surface area contributed by atoms with Crippen molar-refractivity contribution in [3.63, 3.8) is 0 Å². The van der Waals surface area contributed by atoms with Crippen LogP contribution in [0.4, 0.5) is 0 Å². The zero-order chi connectivity index (χ0) is 34.7. The van der Waals surface area contributed by atoms with Gasteiger partial charge in [0.25, 0.3) is 0 Å². The average Bonchev–Trinajstić information content (AvgIpc) is 3.01. The molecule has 0 spiro atoms. The van der Waals surface area contributed by atoms with E-state index in [4.69, 9.17) is 4.74 Å². The van der Waals surface area contributed by atoms with E-state index in [0.717, 1.165) is 51.4 Å². The lowest BCUT2D eigenvalue weighted by Gasteiger charge is -2.33. The van der Waals surface area contributed by atoms with Crippen LogP contribution in [-0.2, 0) is 14.3 Å². The van der Waals surface area contributed by atoms with E-state index >= 15 is 0 Å². The smallest absolute Gasteiger partial charge is 0.306 e. The number of ether oxygens (including phenoxy) is 1. The molecular weight excluding hydrogens is 582 g/mol. The summed E-state index contributed by atoms with van der Waals surface area (Å²) in [7, 11) is 3.76. The molecule has 1 unspecified atom stereocenters. The van der Waals surface area contributed by atoms with Gasteiger partial charge in [-0.1, -0.05) is 167 Å². The number of unbranched alkanes of at least 4 members (excludes halogenated alkanes) is 23. The van der Waals surface area contributed by atoms with Gasteiger partial charge in [0.05, 0.1) is 20.1 Å². The Kier molecular flexibility index (Phi) is 33.1. The molecule has 0 fully saturated rings. The number of rotatable bonds is 36. The van der Waals surface area contributed by atoms with Crippen molar-refractivity contribution in [2.24, 2.45) is 0 Å². The number of quaternary nitrogens is 1. The molecule has 5 nitrogen and oxygen atoms in total. The first-order valence-electron chi connectivity index (χ1n) is 20.3. The van der Waals surface area contributed by atoms with E-state index in [-0.39, 0.29) is 23.1 Å². The van der Waals surface area contributed by atoms with Crippen LogP contribution in [0.2, 0.25) is 0 Å². The Bertz CT molecular complexity index is 760. The highest BCUT2D eigenvalue weighted by molar-refractivity contribution is 5.69. The van der Waals surface area contributed by atoms with Crippen LogP contribution in [0.5, 0.6) is 0 Å². The number of hydrogen-bond acceptors (Lipinski definition) is 4. The first kappa shape index (κ1) is 45.4. The molecule has 0 N–H and O–H groups in total. The molecule has 0 heterocycles. The molecule has 47 heavy (non-hydrogen) atoms. The van der Waals surface area contributed by atoms with Crippen molar-refractivity contribution in [3.8, 4) is 0 Å². The largest absolute Gasteiger partial charge is 0.544 e. The van der Waals surface area contributed by atoms with Gasteiger partial charge in [0, 0.05) is 6.42 Å². The van der Waals surface area contributed by atoms with E-state index in [0.29, 0.717) is 13.0 Å². The zero-order valence-corrected chi connectivity index (χ0v) is 31.9. The molecule has 0 bridgehead atoms. The summed E-state index contributed by atoms with van der Waals surface area (Å²) in [6, 6.07) is 0. The lowest BCUT2D eigenvalue weighted by molar-refractivity contribution is -0.887. The van der Waals surface area contributed by atoms with Crippen LogP contribution >= 0.6 is 0 Å². The maximum Gasteiger partial charge on any atom is 0.306 e. The molecule has 5 heteroatoms. The monoisotopic (exact) mass is 662 g/mol. The van der Waals surface area contributed by atoms with Crippen LogP contribution in [0, 0.1) is 0 Å². The second kappa shape index (κ2) is 34.3. The molecule has 0 aliphatic carbocycles. The standard InChI is InChI=1S/C42H79NO4/c1-5-7-9-11-13-15-17-19-21-23-24-26-28-30-32-34-36-40(38-43(3,4)39-41(44)45)47-42(46)37-35-33-31-29-27-25-22-20-18-16-14-12-10-8-6-2/h14,16,20,22,40H,5-13,15,17-19,21,23-39H2,1-4H3/b16-14-,22-20-. The third kappa shape index (κ3) is 35.5. The molecule has 0 aliphatic rings. The Morgan fingerprint density at radius 2 is 0.979 bits per heavy atom. The number of allylic oxidation sites excluding steroid dienone is 4. The summed E-state index contributed by atoms with van der Waals surface area (Å²) >= 11 is 0. The molecule has 0 aromatic carbocycles. The number of carboxylic acid groups (broad SMARTS) is 1. The Morgan fingerprint density at radius 1 is 0.574 bits per heavy atom. The summed E-state index contributed by atoms with van der Waals surface area (Å²) in [6.45, 7) is 4.96. The van der Waals surface area contributed by atoms with Gasteiger partial charge in [0.1, 0.15) is 13.1 Å². The molecule has 0 rings (SSSR count). The topological polar surface area (TPSA) is 66.4 Å². The average molecular weight is 662 g/mol. The Labute approximate surface area is 293 Å². The van der Waals surface area contributed by atoms with Gasteiger partial charge in [-0.3, -0.25) is 4.79 Å². The number of carbonyl (C=O) groups is 2. The molecule has 0 aromatic heterocycles. The quantitative estimate of drug-likeness (QED) is 0.0290. The van der Waals surface area contributed by atoms with E-state index < -0.39 is 5.97 Å². The van der Waals surface area contributed by atoms with E-state index in [9.17, 15) is 14.7 Å². The van der Waals surface area contributed by atoms with Gasteiger partial charge >= 0.3 is 5.97 Å². The van der Waals surface area contributed by atoms with Gasteiger partial charge in [-0.05, 0) is 51.4 Å². The number of likely N-dealkylation sites (N-methyl/N-ethyl adjacent to an activating group) is 1. The number of carbonyl (C=O) groups excluding carboxylic acids is 2. The molecule has 276 valence electrons. The summed E-state index contributed by atoms with van der Waals surface area (Å²) in [4.78, 5) is 24.0. The maximum absolute atomic E-state index is 12.7. The molecule has 0 saturated carbocycles. The summed E-state index contributed by atoms with van der Waals surface area (Å²) in [5.74, 6) is -1.20. The number of hydrogen-bond donors (Lipinski definition) is 0. The summed E-state index contributed by atoms with van der Waals surface area (Å²) in [5.41, 5.74) is 0. The number of nitrogens with zero attached hydrogens (tertiary/aromatic N) is 1. The normalized spacial score (nSPS) is 12.8. The van der Waals surface area contributed by atoms with E-state index in [2.05, 4.69) is 38.2 Å². The van der Waals surface area contributed by atoms with Crippen LogP contribution in [-0.4, -0.2) is 49.7 Å². The number of carboxylic acids is 1. The number of aliphatic carboxylic acids is 1. The molecule has 1 atom stereocenters. The Hall–Kier alpha value is -1.62. The fourth-order valence-electron chi connectivity index (χ4n) is 6.40. The summed E-state index contributed by atoms with van der Waals surface area (Å²) in [6.07, 6.45) is 44.2. The van der Waals surface area contributed by atoms with Gasteiger partial charge < -0.3 is 19.1 Å². The highest BCUT2D eigenvalue weighted by atomic mass is 16.5. The van der Waals surface area contributed by atoms with Crippen molar-refractivity contribution >= 4 is 11.9 Å². The highest BCUT2D eigenvalue weighted by Gasteiger charge is 2.25. The predicted molar refractivity (Wildman–Crippen MR) is 200 cm³/mol. The van der Waals surface area contributed by atoms with Crippen molar-refractivity contribution in [2.75, 3.05) is 27.2 Å². The van der Waals surface area contributed by atoms with E-state index in [1.807, 2.05) is 14.1 Å². The Morgan fingerprint density at radius 3 is 1.47 bits per heavy atom. The second-order valence-electron chi connectivity index (χ2n) is 14.8. The van der Waals surface area contributed by atoms with Crippen molar-refractivity contribution in [3.05, 3.63) is 24.3 Å². The fraction of sp³-hybridized carbons (Fsp3) is 0.857. The van der Waals surface area contributed by atoms with Crippen LogP contribution < -0.4 is 5.11 Å². The molecule has 0 radical (unpaired) electrons. The summed E-state index contributed by atoms with van der Waals surface area (Å²) < 4.78 is 6.20. The van der Waals surface area contributed by atoms with Gasteiger partial charge in [-0.2, -0.15) is 0 Å². The van der Waals surface area contributed by atoms with Crippen molar-refractivity contribution < 1.29 is 23.9 Å². The first-order valence-corrected chi connectivity index (χ1v) is 20.3. The predicted octanol–water partition coefficient (Wildman–Crippen LogP) is 11.2. The first-order chi connectivity index (χ1) is 22.8. The third-order valence-electron chi connectivity index (χ3n) is 9.26. The minimum absolute atomic E-state index is 0.0715. The second-order valence-corrected chi connectivity index (χ2v) is 14.8. The lowest BCUT2D eigenvalue weighted by Crippen LogP contribution is -2.52. The van der Waals surface area contributed by atoms with Crippen molar-refractivity contribution in [1.29, 1.82) is 0 Å². The van der Waals surface area contributed by atoms with Crippen LogP contribution in [0.15, 0.2) is 24.3 Å². The molecule has 0 aliphatic heterocycles. The SMILES string of the molecule is CCCCC/C=C\C/C=C\CCCCCCCC(=O)OC(CCCCCCCCCCCCCCCCCC)C[N+](C)(C)CC(=O)[O-]. The van der Waals surface area contributed by atoms with Crippen LogP contribution in [0.25, 0.3) is 0 Å². The Balaban J connectivity index is 4.06.